The number of benzene rings is 1. The predicted molar refractivity (Wildman–Crippen MR) is 39.9 cm³/mol. The molecule has 0 spiro atoms. The summed E-state index contributed by atoms with van der Waals surface area (Å²) in [5, 5.41) is 3.05. The molecule has 64 valence electrons. The Balaban J connectivity index is 3.20. The quantitative estimate of drug-likeness (QED) is 0.662. The van der Waals surface area contributed by atoms with E-state index in [2.05, 4.69) is 5.11 Å². The van der Waals surface area contributed by atoms with Crippen molar-refractivity contribution in [1.29, 1.82) is 5.53 Å². The second-order valence-electron chi connectivity index (χ2n) is 2.44. The summed E-state index contributed by atoms with van der Waals surface area (Å²) in [5.74, 6) is -1.31. The molecule has 1 aromatic carbocycles. The summed E-state index contributed by atoms with van der Waals surface area (Å²) in [6.45, 7) is 1.47. The number of nitrogens with zero attached hydrogens (tertiary/aromatic N) is 1. The maximum absolute atomic E-state index is 12.9. The first-order valence-electron chi connectivity index (χ1n) is 3.47. The summed E-state index contributed by atoms with van der Waals surface area (Å²) < 4.78 is 25.8. The number of hydrogen-bond donors (Lipinski definition) is 1. The van der Waals surface area contributed by atoms with Gasteiger partial charge >= 0.3 is 0 Å². The van der Waals surface area contributed by atoms with Crippen LogP contribution in [0.1, 0.15) is 18.5 Å². The van der Waals surface area contributed by atoms with Gasteiger partial charge in [-0.2, -0.15) is 5.11 Å². The second kappa shape index (κ2) is 3.38. The molecular weight excluding hydrogens is 162 g/mol. The molecule has 1 rings (SSSR count). The Morgan fingerprint density at radius 3 is 2.25 bits per heavy atom. The molecule has 4 heteroatoms. The van der Waals surface area contributed by atoms with Crippen molar-refractivity contribution in [3.63, 3.8) is 0 Å². The van der Waals surface area contributed by atoms with Crippen molar-refractivity contribution in [2.45, 2.75) is 13.0 Å². The second-order valence-corrected chi connectivity index (χ2v) is 2.44. The molecule has 0 aliphatic carbocycles. The van der Waals surface area contributed by atoms with Crippen molar-refractivity contribution in [3.8, 4) is 0 Å². The van der Waals surface area contributed by atoms with Gasteiger partial charge < -0.3 is 0 Å². The third-order valence-electron chi connectivity index (χ3n) is 1.61. The Hall–Kier alpha value is -1.32. The maximum atomic E-state index is 12.9. The molecule has 0 aliphatic rings. The van der Waals surface area contributed by atoms with E-state index in [-0.39, 0.29) is 5.56 Å². The van der Waals surface area contributed by atoms with Crippen molar-refractivity contribution in [3.05, 3.63) is 35.4 Å². The lowest BCUT2D eigenvalue weighted by atomic mass is 10.1. The highest BCUT2D eigenvalue weighted by atomic mass is 19.1. The van der Waals surface area contributed by atoms with Gasteiger partial charge in [0, 0.05) is 5.56 Å². The largest absolute Gasteiger partial charge is 0.209 e. The molecule has 2 nitrogen and oxygen atoms in total. The summed E-state index contributed by atoms with van der Waals surface area (Å²) in [4.78, 5) is 0. The molecule has 0 fully saturated rings. The van der Waals surface area contributed by atoms with E-state index < -0.39 is 17.7 Å². The normalized spacial score (nSPS) is 12.6. The Morgan fingerprint density at radius 1 is 1.33 bits per heavy atom. The van der Waals surface area contributed by atoms with Gasteiger partial charge in [0.25, 0.3) is 0 Å². The number of halogens is 2. The van der Waals surface area contributed by atoms with Crippen molar-refractivity contribution in [1.82, 2.24) is 0 Å². The zero-order valence-electron chi connectivity index (χ0n) is 6.51. The van der Waals surface area contributed by atoms with Crippen LogP contribution < -0.4 is 0 Å². The highest BCUT2D eigenvalue weighted by Crippen LogP contribution is 2.22. The van der Waals surface area contributed by atoms with Crippen LogP contribution in [0.3, 0.4) is 0 Å². The molecule has 1 aromatic rings. The van der Waals surface area contributed by atoms with Gasteiger partial charge in [-0.25, -0.2) is 14.3 Å². The first kappa shape index (κ1) is 8.77. The highest BCUT2D eigenvalue weighted by molar-refractivity contribution is 5.22. The van der Waals surface area contributed by atoms with Gasteiger partial charge in [-0.15, -0.1) is 0 Å². The summed E-state index contributed by atoms with van der Waals surface area (Å²) >= 11 is 0. The fraction of sp³-hybridized carbons (Fsp3) is 0.250. The molecule has 0 bridgehead atoms. The van der Waals surface area contributed by atoms with Crippen LogP contribution in [-0.4, -0.2) is 0 Å². The Morgan fingerprint density at radius 2 is 1.83 bits per heavy atom. The lowest BCUT2D eigenvalue weighted by molar-refractivity contribution is 0.529. The zero-order chi connectivity index (χ0) is 9.14. The van der Waals surface area contributed by atoms with Gasteiger partial charge in [0.2, 0.25) is 0 Å². The molecule has 0 saturated heterocycles. The molecule has 1 atom stereocenters. The minimum absolute atomic E-state index is 0.146. The average molecular weight is 170 g/mol. The van der Waals surface area contributed by atoms with E-state index in [1.807, 2.05) is 0 Å². The topological polar surface area (TPSA) is 36.2 Å². The van der Waals surface area contributed by atoms with E-state index in [1.165, 1.54) is 13.0 Å². The third-order valence-corrected chi connectivity index (χ3v) is 1.61. The average Bonchev–Trinajstić information content (AvgIpc) is 2.03. The number of nitrogens with one attached hydrogen (secondary N) is 1. The van der Waals surface area contributed by atoms with Gasteiger partial charge in [-0.05, 0) is 19.1 Å². The van der Waals surface area contributed by atoms with Crippen molar-refractivity contribution < 1.29 is 8.78 Å². The first-order valence-corrected chi connectivity index (χ1v) is 3.47. The van der Waals surface area contributed by atoms with Gasteiger partial charge in [0.15, 0.2) is 0 Å². The van der Waals surface area contributed by atoms with E-state index in [0.29, 0.717) is 0 Å². The van der Waals surface area contributed by atoms with Crippen LogP contribution in [0.15, 0.2) is 23.3 Å². The van der Waals surface area contributed by atoms with Crippen molar-refractivity contribution in [2.75, 3.05) is 0 Å². The van der Waals surface area contributed by atoms with Crippen LogP contribution in [0.4, 0.5) is 8.78 Å². The van der Waals surface area contributed by atoms with Gasteiger partial charge in [-0.1, -0.05) is 6.07 Å². The Kier molecular flexibility index (Phi) is 2.47. The zero-order valence-corrected chi connectivity index (χ0v) is 6.51. The number of rotatable bonds is 2. The molecule has 1 unspecified atom stereocenters. The summed E-state index contributed by atoms with van der Waals surface area (Å²) in [5.41, 5.74) is 6.49. The number of hydrogen-bond acceptors (Lipinski definition) is 2. The molecule has 0 aromatic heterocycles. The van der Waals surface area contributed by atoms with Gasteiger partial charge in [0.05, 0.1) is 6.04 Å². The van der Waals surface area contributed by atoms with E-state index in [1.54, 1.807) is 0 Å². The van der Waals surface area contributed by atoms with Crippen LogP contribution in [0.25, 0.3) is 0 Å². The predicted octanol–water partition coefficient (Wildman–Crippen LogP) is 3.06. The van der Waals surface area contributed by atoms with E-state index in [9.17, 15) is 8.78 Å². The maximum Gasteiger partial charge on any atom is 0.131 e. The van der Waals surface area contributed by atoms with Crippen molar-refractivity contribution >= 4 is 0 Å². The van der Waals surface area contributed by atoms with E-state index >= 15 is 0 Å². The molecule has 0 amide bonds. The highest BCUT2D eigenvalue weighted by Gasteiger charge is 2.14. The van der Waals surface area contributed by atoms with E-state index in [4.69, 9.17) is 5.53 Å². The van der Waals surface area contributed by atoms with Crippen molar-refractivity contribution in [2.24, 2.45) is 5.11 Å². The molecule has 12 heavy (non-hydrogen) atoms. The van der Waals surface area contributed by atoms with Crippen LogP contribution in [0.5, 0.6) is 0 Å². The lowest BCUT2D eigenvalue weighted by Crippen LogP contribution is -1.97. The summed E-state index contributed by atoms with van der Waals surface area (Å²) in [6.07, 6.45) is 0. The first-order chi connectivity index (χ1) is 5.66. The Bertz CT molecular complexity index is 279. The smallest absolute Gasteiger partial charge is 0.131 e. The molecular formula is C8H8F2N2. The molecule has 0 heterocycles. The molecule has 0 radical (unpaired) electrons. The standard InChI is InChI=1S/C8H8F2N2/c1-5(12-11)8-6(9)3-2-4-7(8)10/h2-5,11H,1H3. The van der Waals surface area contributed by atoms with Crippen LogP contribution >= 0.6 is 0 Å². The summed E-state index contributed by atoms with van der Waals surface area (Å²) in [7, 11) is 0. The monoisotopic (exact) mass is 170 g/mol. The van der Waals surface area contributed by atoms with Crippen LogP contribution in [-0.2, 0) is 0 Å². The fourth-order valence-electron chi connectivity index (χ4n) is 0.974. The lowest BCUT2D eigenvalue weighted by Gasteiger charge is -2.06. The minimum atomic E-state index is -0.758. The van der Waals surface area contributed by atoms with E-state index in [0.717, 1.165) is 12.1 Å². The molecule has 1 N–H and O–H groups in total. The van der Waals surface area contributed by atoms with Gasteiger partial charge in [0.1, 0.15) is 11.6 Å². The van der Waals surface area contributed by atoms with Crippen LogP contribution in [0.2, 0.25) is 0 Å². The molecule has 0 aliphatic heterocycles. The third kappa shape index (κ3) is 1.47. The minimum Gasteiger partial charge on any atom is -0.209 e. The Labute approximate surface area is 68.7 Å². The summed E-state index contributed by atoms with van der Waals surface area (Å²) in [6, 6.07) is 2.83. The SMILES string of the molecule is CC(N=N)c1c(F)cccc1F. The fourth-order valence-corrected chi connectivity index (χ4v) is 0.974. The molecule has 0 saturated carbocycles. The van der Waals surface area contributed by atoms with Crippen LogP contribution in [0, 0.1) is 17.2 Å². The van der Waals surface area contributed by atoms with Gasteiger partial charge in [-0.3, -0.25) is 0 Å².